The number of furan rings is 1. The molecule has 0 aliphatic heterocycles. The van der Waals surface area contributed by atoms with E-state index >= 15 is 0 Å². The smallest absolute Gasteiger partial charge is 0.282 e. The van der Waals surface area contributed by atoms with E-state index < -0.39 is 0 Å². The fraction of sp³-hybridized carbons (Fsp3) is 0.318. The van der Waals surface area contributed by atoms with Gasteiger partial charge in [-0.3, -0.25) is 4.79 Å². The third-order valence-corrected chi connectivity index (χ3v) is 5.03. The highest BCUT2D eigenvalue weighted by molar-refractivity contribution is 6.19. The van der Waals surface area contributed by atoms with E-state index in [0.29, 0.717) is 55.8 Å². The van der Waals surface area contributed by atoms with Crippen molar-refractivity contribution in [1.29, 1.82) is 0 Å². The predicted molar refractivity (Wildman–Crippen MR) is 119 cm³/mol. The molecule has 0 atom stereocenters. The molecule has 1 aromatic heterocycles. The number of rotatable bonds is 9. The minimum atomic E-state index is -0.315. The summed E-state index contributed by atoms with van der Waals surface area (Å²) in [4.78, 5) is 13.6. The van der Waals surface area contributed by atoms with Crippen molar-refractivity contribution in [2.45, 2.75) is 20.0 Å². The molecule has 0 radical (unpaired) electrons. The maximum Gasteiger partial charge on any atom is 0.282 e. The first-order valence-electron chi connectivity index (χ1n) is 9.58. The van der Waals surface area contributed by atoms with Crippen molar-refractivity contribution in [2.24, 2.45) is 0 Å². The summed E-state index contributed by atoms with van der Waals surface area (Å²) in [7, 11) is 6.36. The molecular formula is C22H26O8Si. The highest BCUT2D eigenvalue weighted by Gasteiger charge is 2.28. The van der Waals surface area contributed by atoms with Crippen LogP contribution in [0, 0.1) is 0 Å². The van der Waals surface area contributed by atoms with Crippen LogP contribution in [0.5, 0.6) is 34.7 Å². The molecule has 8 nitrogen and oxygen atoms in total. The van der Waals surface area contributed by atoms with Crippen molar-refractivity contribution in [3.63, 3.8) is 0 Å². The standard InChI is InChI=1S/C22H26O8Si/c1-11(2)28-21-14(24-3)8-7-13-17(22(30-31)29-19(13)21)18(23)12-9-15(25-4)20(27-6)16(10-12)26-5/h7-11H,1-6,31H3. The van der Waals surface area contributed by atoms with Gasteiger partial charge in [0.05, 0.1) is 34.5 Å². The first-order valence-corrected chi connectivity index (χ1v) is 10.4. The van der Waals surface area contributed by atoms with E-state index in [4.69, 9.17) is 32.5 Å². The van der Waals surface area contributed by atoms with Crippen LogP contribution in [0.25, 0.3) is 11.0 Å². The topological polar surface area (TPSA) is 85.6 Å². The molecule has 0 unspecified atom stereocenters. The van der Waals surface area contributed by atoms with E-state index in [1.54, 1.807) is 31.4 Å². The van der Waals surface area contributed by atoms with Crippen molar-refractivity contribution in [1.82, 2.24) is 0 Å². The first kappa shape index (κ1) is 22.4. The number of ketones is 1. The third kappa shape index (κ3) is 4.00. The summed E-state index contributed by atoms with van der Waals surface area (Å²) < 4.78 is 38.9. The largest absolute Gasteiger partial charge is 0.528 e. The maximum absolute atomic E-state index is 13.6. The fourth-order valence-corrected chi connectivity index (χ4v) is 3.61. The molecule has 9 heteroatoms. The number of hydrogen-bond donors (Lipinski definition) is 0. The second kappa shape index (κ2) is 9.21. The molecule has 0 aliphatic carbocycles. The average Bonchev–Trinajstić information content (AvgIpc) is 3.16. The summed E-state index contributed by atoms with van der Waals surface area (Å²) in [6, 6.07) is 6.67. The van der Waals surface area contributed by atoms with Gasteiger partial charge in [0.1, 0.15) is 5.56 Å². The molecular weight excluding hydrogens is 420 g/mol. The van der Waals surface area contributed by atoms with Gasteiger partial charge in [0, 0.05) is 10.9 Å². The Morgan fingerprint density at radius 1 is 0.903 bits per heavy atom. The molecule has 166 valence electrons. The molecule has 0 N–H and O–H groups in total. The molecule has 2 aromatic carbocycles. The van der Waals surface area contributed by atoms with Crippen LogP contribution in [-0.4, -0.2) is 50.8 Å². The first-order chi connectivity index (χ1) is 14.9. The van der Waals surface area contributed by atoms with Crippen LogP contribution < -0.4 is 28.1 Å². The fourth-order valence-electron chi connectivity index (χ4n) is 3.32. The van der Waals surface area contributed by atoms with Gasteiger partial charge in [0.2, 0.25) is 27.8 Å². The molecule has 0 amide bonds. The Hall–Kier alpha value is -3.33. The Balaban J connectivity index is 2.24. The van der Waals surface area contributed by atoms with Crippen molar-refractivity contribution in [3.05, 3.63) is 35.4 Å². The molecule has 3 aromatic rings. The number of ether oxygens (including phenoxy) is 5. The molecule has 0 fully saturated rings. The average molecular weight is 447 g/mol. The van der Waals surface area contributed by atoms with E-state index in [-0.39, 0.29) is 23.4 Å². The quantitative estimate of drug-likeness (QED) is 0.366. The van der Waals surface area contributed by atoms with Crippen LogP contribution in [0.3, 0.4) is 0 Å². The zero-order chi connectivity index (χ0) is 22.7. The number of benzene rings is 2. The summed E-state index contributed by atoms with van der Waals surface area (Å²) in [6.07, 6.45) is -0.126. The second-order valence-corrected chi connectivity index (χ2v) is 7.26. The van der Waals surface area contributed by atoms with Gasteiger partial charge in [-0.05, 0) is 38.1 Å². The van der Waals surface area contributed by atoms with Crippen LogP contribution >= 0.6 is 0 Å². The normalized spacial score (nSPS) is 10.9. The van der Waals surface area contributed by atoms with Crippen molar-refractivity contribution in [2.75, 3.05) is 28.4 Å². The number of carbonyl (C=O) groups is 1. The Bertz CT molecular complexity index is 1080. The van der Waals surface area contributed by atoms with E-state index in [1.807, 2.05) is 13.8 Å². The van der Waals surface area contributed by atoms with Gasteiger partial charge in [-0.1, -0.05) is 0 Å². The van der Waals surface area contributed by atoms with Crippen LogP contribution in [0.15, 0.2) is 28.7 Å². The van der Waals surface area contributed by atoms with Crippen LogP contribution in [-0.2, 0) is 0 Å². The Morgan fingerprint density at radius 2 is 1.52 bits per heavy atom. The number of hydrogen-bond acceptors (Lipinski definition) is 8. The van der Waals surface area contributed by atoms with Crippen molar-refractivity contribution in [3.8, 4) is 34.7 Å². The van der Waals surface area contributed by atoms with Gasteiger partial charge in [-0.25, -0.2) is 0 Å². The van der Waals surface area contributed by atoms with Gasteiger partial charge < -0.3 is 32.5 Å². The molecule has 0 bridgehead atoms. The molecule has 0 saturated heterocycles. The second-order valence-electron chi connectivity index (χ2n) is 6.85. The van der Waals surface area contributed by atoms with Gasteiger partial charge >= 0.3 is 0 Å². The highest BCUT2D eigenvalue weighted by atomic mass is 28.2. The van der Waals surface area contributed by atoms with Gasteiger partial charge in [-0.2, -0.15) is 0 Å². The van der Waals surface area contributed by atoms with Crippen molar-refractivity contribution >= 4 is 27.2 Å². The maximum atomic E-state index is 13.6. The van der Waals surface area contributed by atoms with Crippen molar-refractivity contribution < 1.29 is 37.3 Å². The highest BCUT2D eigenvalue weighted by Crippen LogP contribution is 2.44. The Kier molecular flexibility index (Phi) is 6.64. The monoisotopic (exact) mass is 446 g/mol. The van der Waals surface area contributed by atoms with Crippen LogP contribution in [0.1, 0.15) is 29.8 Å². The Labute approximate surface area is 183 Å². The molecule has 1 heterocycles. The molecule has 0 aliphatic rings. The van der Waals surface area contributed by atoms with E-state index in [2.05, 4.69) is 0 Å². The number of carbonyl (C=O) groups excluding carboxylic acids is 1. The zero-order valence-corrected chi connectivity index (χ0v) is 20.7. The summed E-state index contributed by atoms with van der Waals surface area (Å²) in [5, 5.41) is 0.557. The molecule has 0 spiro atoms. The zero-order valence-electron chi connectivity index (χ0n) is 18.7. The SMILES string of the molecule is COc1cc(C(=O)c2c(O[SiH3])oc3c(OC(C)C)c(OC)ccc23)cc(OC)c1OC. The summed E-state index contributed by atoms with van der Waals surface area (Å²) in [6.45, 7) is 3.79. The lowest BCUT2D eigenvalue weighted by atomic mass is 10.0. The lowest BCUT2D eigenvalue weighted by Crippen LogP contribution is -2.07. The number of methoxy groups -OCH3 is 4. The van der Waals surface area contributed by atoms with Gasteiger partial charge in [0.15, 0.2) is 22.8 Å². The lowest BCUT2D eigenvalue weighted by Gasteiger charge is -2.14. The van der Waals surface area contributed by atoms with Gasteiger partial charge in [0.25, 0.3) is 5.95 Å². The lowest BCUT2D eigenvalue weighted by molar-refractivity contribution is 0.103. The molecule has 3 rings (SSSR count). The van der Waals surface area contributed by atoms with Gasteiger partial charge in [-0.15, -0.1) is 0 Å². The van der Waals surface area contributed by atoms with E-state index in [0.717, 1.165) is 0 Å². The third-order valence-electron chi connectivity index (χ3n) is 4.66. The number of fused-ring (bicyclic) bond motifs is 1. The van der Waals surface area contributed by atoms with Crippen LogP contribution in [0.4, 0.5) is 0 Å². The summed E-state index contributed by atoms with van der Waals surface area (Å²) in [5.41, 5.74) is 1.00. The summed E-state index contributed by atoms with van der Waals surface area (Å²) >= 11 is 0. The summed E-state index contributed by atoms with van der Waals surface area (Å²) in [5.74, 6) is 1.87. The van der Waals surface area contributed by atoms with Crippen LogP contribution in [0.2, 0.25) is 0 Å². The van der Waals surface area contributed by atoms with E-state index in [1.165, 1.54) is 21.3 Å². The Morgan fingerprint density at radius 3 is 2.00 bits per heavy atom. The predicted octanol–water partition coefficient (Wildman–Crippen LogP) is 3.14. The minimum absolute atomic E-state index is 0.126. The molecule has 0 saturated carbocycles. The minimum Gasteiger partial charge on any atom is -0.528 e. The van der Waals surface area contributed by atoms with E-state index in [9.17, 15) is 4.79 Å². The molecule has 31 heavy (non-hydrogen) atoms.